The first-order valence-corrected chi connectivity index (χ1v) is 7.37. The molecule has 7 nitrogen and oxygen atoms in total. The summed E-state index contributed by atoms with van der Waals surface area (Å²) >= 11 is 3.31. The van der Waals surface area contributed by atoms with Crippen LogP contribution in [-0.4, -0.2) is 27.5 Å². The molecule has 1 rings (SSSR count). The highest BCUT2D eigenvalue weighted by molar-refractivity contribution is 9.10. The highest BCUT2D eigenvalue weighted by atomic mass is 79.9. The molecule has 2 N–H and O–H groups in total. The van der Waals surface area contributed by atoms with Gasteiger partial charge in [-0.1, -0.05) is 6.92 Å². The van der Waals surface area contributed by atoms with E-state index in [-0.39, 0.29) is 18.0 Å². The summed E-state index contributed by atoms with van der Waals surface area (Å²) in [4.78, 5) is 24.8. The van der Waals surface area contributed by atoms with Gasteiger partial charge in [-0.25, -0.2) is 4.98 Å². The van der Waals surface area contributed by atoms with E-state index >= 15 is 0 Å². The summed E-state index contributed by atoms with van der Waals surface area (Å²) in [7, 11) is 0. The molecule has 21 heavy (non-hydrogen) atoms. The topological polar surface area (TPSA) is 105 Å². The fourth-order valence-corrected chi connectivity index (χ4v) is 2.27. The second-order valence-electron chi connectivity index (χ2n) is 4.94. The maximum atomic E-state index is 10.8. The average molecular weight is 360 g/mol. The Bertz CT molecular complexity index is 536. The van der Waals surface area contributed by atoms with Gasteiger partial charge in [0.25, 0.3) is 5.69 Å². The molecule has 1 aromatic heterocycles. The zero-order valence-corrected chi connectivity index (χ0v) is 13.5. The first-order valence-electron chi connectivity index (χ1n) is 6.58. The molecular formula is C13H18BrN3O4. The normalized spacial score (nSPS) is 12.0. The van der Waals surface area contributed by atoms with Crippen molar-refractivity contribution in [2.75, 3.05) is 11.9 Å². The van der Waals surface area contributed by atoms with Gasteiger partial charge >= 0.3 is 5.97 Å². The van der Waals surface area contributed by atoms with E-state index in [1.807, 2.05) is 6.92 Å². The van der Waals surface area contributed by atoms with E-state index in [1.54, 1.807) is 6.92 Å². The van der Waals surface area contributed by atoms with Gasteiger partial charge in [-0.2, -0.15) is 0 Å². The van der Waals surface area contributed by atoms with Crippen LogP contribution >= 0.6 is 15.9 Å². The highest BCUT2D eigenvalue weighted by Crippen LogP contribution is 2.30. The summed E-state index contributed by atoms with van der Waals surface area (Å²) in [6.45, 7) is 4.28. The van der Waals surface area contributed by atoms with Crippen LogP contribution in [-0.2, 0) is 4.79 Å². The first-order chi connectivity index (χ1) is 9.82. The number of carbonyl (C=O) groups is 1. The molecule has 1 aromatic rings. The fraction of sp³-hybridized carbons (Fsp3) is 0.538. The van der Waals surface area contributed by atoms with Crippen molar-refractivity contribution in [1.29, 1.82) is 0 Å². The molecule has 1 unspecified atom stereocenters. The van der Waals surface area contributed by atoms with Gasteiger partial charge in [0, 0.05) is 18.5 Å². The largest absolute Gasteiger partial charge is 0.481 e. The Morgan fingerprint density at radius 3 is 2.81 bits per heavy atom. The summed E-state index contributed by atoms with van der Waals surface area (Å²) in [6.07, 6.45) is 2.83. The number of rotatable bonds is 8. The van der Waals surface area contributed by atoms with Gasteiger partial charge in [-0.05, 0) is 41.6 Å². The summed E-state index contributed by atoms with van der Waals surface area (Å²) in [5.41, 5.74) is 0.499. The Hall–Kier alpha value is -1.70. The second-order valence-corrected chi connectivity index (χ2v) is 5.73. The van der Waals surface area contributed by atoms with Gasteiger partial charge in [0.2, 0.25) is 0 Å². The quantitative estimate of drug-likeness (QED) is 0.544. The minimum atomic E-state index is -0.787. The maximum Gasteiger partial charge on any atom is 0.303 e. The minimum Gasteiger partial charge on any atom is -0.481 e. The lowest BCUT2D eigenvalue weighted by molar-refractivity contribution is -0.385. The van der Waals surface area contributed by atoms with Crippen LogP contribution in [0.15, 0.2) is 10.7 Å². The molecule has 0 aliphatic heterocycles. The molecule has 116 valence electrons. The van der Waals surface area contributed by atoms with Crippen LogP contribution in [0.1, 0.15) is 31.7 Å². The number of aliphatic carboxylic acids is 1. The average Bonchev–Trinajstić information content (AvgIpc) is 2.41. The number of hydrogen-bond donors (Lipinski definition) is 2. The summed E-state index contributed by atoms with van der Waals surface area (Å²) < 4.78 is 0.579. The number of anilines is 1. The van der Waals surface area contributed by atoms with Crippen molar-refractivity contribution in [3.8, 4) is 0 Å². The Kier molecular flexibility index (Phi) is 6.54. The molecule has 0 saturated carbocycles. The molecule has 0 saturated heterocycles. The van der Waals surface area contributed by atoms with Crippen LogP contribution in [0, 0.1) is 23.0 Å². The smallest absolute Gasteiger partial charge is 0.303 e. The standard InChI is InChI=1S/C13H18BrN3O4/c1-8(3-4-11(18)19)5-6-15-13-12(14)9(2)10(7-16-13)17(20)21/h7-8H,3-6H2,1-2H3,(H,15,16)(H,18,19). The van der Waals surface area contributed by atoms with Gasteiger partial charge in [-0.3, -0.25) is 14.9 Å². The summed E-state index contributed by atoms with van der Waals surface area (Å²) in [5, 5.41) is 22.5. The van der Waals surface area contributed by atoms with Crippen molar-refractivity contribution in [1.82, 2.24) is 4.98 Å². The van der Waals surface area contributed by atoms with Crippen molar-refractivity contribution in [3.63, 3.8) is 0 Å². The van der Waals surface area contributed by atoms with Crippen LogP contribution in [0.4, 0.5) is 11.5 Å². The predicted octanol–water partition coefficient (Wildman–Crippen LogP) is 3.36. The van der Waals surface area contributed by atoms with Crippen molar-refractivity contribution >= 4 is 33.4 Å². The monoisotopic (exact) mass is 359 g/mol. The Morgan fingerprint density at radius 1 is 1.57 bits per heavy atom. The van der Waals surface area contributed by atoms with Gasteiger partial charge in [0.1, 0.15) is 12.0 Å². The SMILES string of the molecule is Cc1c([N+](=O)[O-])cnc(NCCC(C)CCC(=O)O)c1Br. The molecule has 8 heteroatoms. The Morgan fingerprint density at radius 2 is 2.24 bits per heavy atom. The molecule has 1 heterocycles. The molecule has 0 fully saturated rings. The molecule has 0 aliphatic rings. The maximum absolute atomic E-state index is 10.8. The second kappa shape index (κ2) is 7.92. The van der Waals surface area contributed by atoms with Crippen LogP contribution in [0.2, 0.25) is 0 Å². The lowest BCUT2D eigenvalue weighted by Gasteiger charge is -2.12. The van der Waals surface area contributed by atoms with Gasteiger partial charge < -0.3 is 10.4 Å². The number of carboxylic acid groups (broad SMARTS) is 1. The van der Waals surface area contributed by atoms with Crippen LogP contribution in [0.3, 0.4) is 0 Å². The van der Waals surface area contributed by atoms with Crippen LogP contribution in [0.25, 0.3) is 0 Å². The molecule has 1 atom stereocenters. The highest BCUT2D eigenvalue weighted by Gasteiger charge is 2.17. The zero-order chi connectivity index (χ0) is 16.0. The van der Waals surface area contributed by atoms with Crippen molar-refractivity contribution in [3.05, 3.63) is 26.3 Å². The summed E-state index contributed by atoms with van der Waals surface area (Å²) in [5.74, 6) is 0.0558. The molecule has 0 bridgehead atoms. The number of nitro groups is 1. The number of hydrogen-bond acceptors (Lipinski definition) is 5. The van der Waals surface area contributed by atoms with Crippen molar-refractivity contribution in [2.45, 2.75) is 33.1 Å². The Balaban J connectivity index is 2.55. The van der Waals surface area contributed by atoms with Crippen LogP contribution < -0.4 is 5.32 Å². The van der Waals surface area contributed by atoms with E-state index in [2.05, 4.69) is 26.2 Å². The zero-order valence-electron chi connectivity index (χ0n) is 11.9. The van der Waals surface area contributed by atoms with E-state index in [0.717, 1.165) is 6.42 Å². The third kappa shape index (κ3) is 5.30. The third-order valence-electron chi connectivity index (χ3n) is 3.21. The lowest BCUT2D eigenvalue weighted by atomic mass is 10.0. The number of nitrogens with zero attached hydrogens (tertiary/aromatic N) is 2. The summed E-state index contributed by atoms with van der Waals surface area (Å²) in [6, 6.07) is 0. The number of carboxylic acids is 1. The molecule has 0 radical (unpaired) electrons. The number of halogens is 1. The van der Waals surface area contributed by atoms with E-state index < -0.39 is 10.9 Å². The molecule has 0 aliphatic carbocycles. The van der Waals surface area contributed by atoms with Gasteiger partial charge in [0.15, 0.2) is 0 Å². The van der Waals surface area contributed by atoms with E-state index in [9.17, 15) is 14.9 Å². The molecule has 0 amide bonds. The number of nitrogens with one attached hydrogen (secondary N) is 1. The lowest BCUT2D eigenvalue weighted by Crippen LogP contribution is -2.10. The minimum absolute atomic E-state index is 0.0257. The number of pyridine rings is 1. The Labute approximate surface area is 131 Å². The molecule has 0 spiro atoms. The van der Waals surface area contributed by atoms with Crippen LogP contribution in [0.5, 0.6) is 0 Å². The van der Waals surface area contributed by atoms with Gasteiger partial charge in [0.05, 0.1) is 9.40 Å². The van der Waals surface area contributed by atoms with E-state index in [1.165, 1.54) is 6.20 Å². The fourth-order valence-electron chi connectivity index (χ4n) is 1.83. The van der Waals surface area contributed by atoms with Gasteiger partial charge in [-0.15, -0.1) is 0 Å². The van der Waals surface area contributed by atoms with Crippen molar-refractivity contribution in [2.24, 2.45) is 5.92 Å². The predicted molar refractivity (Wildman–Crippen MR) is 82.5 cm³/mol. The van der Waals surface area contributed by atoms with E-state index in [4.69, 9.17) is 5.11 Å². The first kappa shape index (κ1) is 17.4. The third-order valence-corrected chi connectivity index (χ3v) is 4.18. The number of aromatic nitrogens is 1. The molecular weight excluding hydrogens is 342 g/mol. The van der Waals surface area contributed by atoms with Crippen molar-refractivity contribution < 1.29 is 14.8 Å². The molecule has 0 aromatic carbocycles. The van der Waals surface area contributed by atoms with E-state index in [0.29, 0.717) is 28.8 Å².